The summed E-state index contributed by atoms with van der Waals surface area (Å²) < 4.78 is 0. The lowest BCUT2D eigenvalue weighted by atomic mass is 10.2. The Morgan fingerprint density at radius 2 is 2.11 bits per heavy atom. The monoisotopic (exact) mass is 260 g/mol. The highest BCUT2D eigenvalue weighted by Gasteiger charge is 2.25. The standard InChI is InChI=1S/C15H24N4/c1-3-19(10-12-4-5-12)15-17-9-13(11(2)18-15)8-16-14-6-7-14/h9,12,14,16H,3-8,10H2,1-2H3. The van der Waals surface area contributed by atoms with Gasteiger partial charge in [0.2, 0.25) is 5.95 Å². The van der Waals surface area contributed by atoms with E-state index in [9.17, 15) is 0 Å². The second-order valence-corrected chi connectivity index (χ2v) is 5.92. The van der Waals surface area contributed by atoms with Crippen LogP contribution in [0.4, 0.5) is 5.95 Å². The van der Waals surface area contributed by atoms with Crippen LogP contribution in [0, 0.1) is 12.8 Å². The van der Waals surface area contributed by atoms with E-state index in [0.29, 0.717) is 0 Å². The minimum absolute atomic E-state index is 0.737. The Hall–Kier alpha value is -1.16. The summed E-state index contributed by atoms with van der Waals surface area (Å²) >= 11 is 0. The van der Waals surface area contributed by atoms with E-state index in [0.717, 1.165) is 43.2 Å². The SMILES string of the molecule is CCN(CC1CC1)c1ncc(CNC2CC2)c(C)n1. The average molecular weight is 260 g/mol. The first-order valence-electron chi connectivity index (χ1n) is 7.57. The van der Waals surface area contributed by atoms with Gasteiger partial charge in [0, 0.05) is 43.1 Å². The van der Waals surface area contributed by atoms with Crippen molar-refractivity contribution in [1.82, 2.24) is 15.3 Å². The van der Waals surface area contributed by atoms with Crippen LogP contribution in [0.1, 0.15) is 43.9 Å². The maximum absolute atomic E-state index is 4.70. The normalized spacial score (nSPS) is 18.6. The largest absolute Gasteiger partial charge is 0.341 e. The van der Waals surface area contributed by atoms with Crippen molar-refractivity contribution in [3.8, 4) is 0 Å². The van der Waals surface area contributed by atoms with Crippen LogP contribution in [0.15, 0.2) is 6.20 Å². The third-order valence-electron chi connectivity index (χ3n) is 4.07. The molecule has 0 spiro atoms. The van der Waals surface area contributed by atoms with Crippen molar-refractivity contribution in [1.29, 1.82) is 0 Å². The fraction of sp³-hybridized carbons (Fsp3) is 0.733. The van der Waals surface area contributed by atoms with Gasteiger partial charge in [-0.25, -0.2) is 9.97 Å². The van der Waals surface area contributed by atoms with Crippen molar-refractivity contribution in [2.24, 2.45) is 5.92 Å². The predicted molar refractivity (Wildman–Crippen MR) is 77.2 cm³/mol. The molecule has 0 aliphatic heterocycles. The second kappa shape index (κ2) is 5.45. The van der Waals surface area contributed by atoms with E-state index in [1.807, 2.05) is 6.20 Å². The molecule has 0 amide bonds. The van der Waals surface area contributed by atoms with Crippen molar-refractivity contribution >= 4 is 5.95 Å². The minimum atomic E-state index is 0.737. The molecule has 4 nitrogen and oxygen atoms in total. The topological polar surface area (TPSA) is 41.1 Å². The van der Waals surface area contributed by atoms with Gasteiger partial charge in [0.1, 0.15) is 0 Å². The first kappa shape index (κ1) is 12.9. The van der Waals surface area contributed by atoms with Crippen LogP contribution < -0.4 is 10.2 Å². The molecule has 0 bridgehead atoms. The molecule has 19 heavy (non-hydrogen) atoms. The Bertz CT molecular complexity index is 438. The van der Waals surface area contributed by atoms with Crippen molar-refractivity contribution in [2.75, 3.05) is 18.0 Å². The lowest BCUT2D eigenvalue weighted by molar-refractivity contribution is 0.674. The molecule has 4 heteroatoms. The van der Waals surface area contributed by atoms with Gasteiger partial charge in [0.05, 0.1) is 0 Å². The highest BCUT2D eigenvalue weighted by atomic mass is 15.2. The summed E-state index contributed by atoms with van der Waals surface area (Å²) in [6.45, 7) is 7.31. The van der Waals surface area contributed by atoms with E-state index in [1.165, 1.54) is 31.2 Å². The number of anilines is 1. The highest BCUT2D eigenvalue weighted by molar-refractivity contribution is 5.33. The lowest BCUT2D eigenvalue weighted by Gasteiger charge is -2.21. The van der Waals surface area contributed by atoms with E-state index in [-0.39, 0.29) is 0 Å². The van der Waals surface area contributed by atoms with Gasteiger partial charge in [0.25, 0.3) is 0 Å². The Kier molecular flexibility index (Phi) is 3.69. The smallest absolute Gasteiger partial charge is 0.225 e. The molecular weight excluding hydrogens is 236 g/mol. The molecule has 0 saturated heterocycles. The molecule has 2 aliphatic carbocycles. The fourth-order valence-corrected chi connectivity index (χ4v) is 2.31. The molecule has 0 radical (unpaired) electrons. The van der Waals surface area contributed by atoms with Crippen LogP contribution >= 0.6 is 0 Å². The lowest BCUT2D eigenvalue weighted by Crippen LogP contribution is -2.27. The van der Waals surface area contributed by atoms with Gasteiger partial charge in [-0.15, -0.1) is 0 Å². The summed E-state index contributed by atoms with van der Waals surface area (Å²) in [6, 6.07) is 0.737. The van der Waals surface area contributed by atoms with Crippen molar-refractivity contribution < 1.29 is 0 Å². The van der Waals surface area contributed by atoms with Gasteiger partial charge in [0.15, 0.2) is 0 Å². The molecule has 2 fully saturated rings. The van der Waals surface area contributed by atoms with E-state index in [4.69, 9.17) is 4.98 Å². The molecule has 2 aliphatic rings. The van der Waals surface area contributed by atoms with Crippen LogP contribution in [-0.4, -0.2) is 29.1 Å². The summed E-state index contributed by atoms with van der Waals surface area (Å²) in [5.74, 6) is 1.78. The number of aromatic nitrogens is 2. The number of nitrogens with zero attached hydrogens (tertiary/aromatic N) is 3. The summed E-state index contributed by atoms with van der Waals surface area (Å²) in [5.41, 5.74) is 2.35. The second-order valence-electron chi connectivity index (χ2n) is 5.92. The quantitative estimate of drug-likeness (QED) is 0.816. The summed E-state index contributed by atoms with van der Waals surface area (Å²) in [5, 5.41) is 3.52. The molecule has 1 aromatic rings. The molecule has 0 aromatic carbocycles. The number of aryl methyl sites for hydroxylation is 1. The minimum Gasteiger partial charge on any atom is -0.341 e. The third-order valence-corrected chi connectivity index (χ3v) is 4.07. The zero-order valence-electron chi connectivity index (χ0n) is 12.0. The van der Waals surface area contributed by atoms with Crippen LogP contribution in [0.3, 0.4) is 0 Å². The van der Waals surface area contributed by atoms with E-state index >= 15 is 0 Å². The number of hydrogen-bond acceptors (Lipinski definition) is 4. The van der Waals surface area contributed by atoms with Gasteiger partial charge in [-0.05, 0) is 45.4 Å². The number of hydrogen-bond donors (Lipinski definition) is 1. The van der Waals surface area contributed by atoms with Crippen LogP contribution in [0.25, 0.3) is 0 Å². The van der Waals surface area contributed by atoms with Gasteiger partial charge in [-0.1, -0.05) is 0 Å². The first-order valence-corrected chi connectivity index (χ1v) is 7.57. The van der Waals surface area contributed by atoms with Crippen molar-refractivity contribution in [3.05, 3.63) is 17.5 Å². The summed E-state index contributed by atoms with van der Waals surface area (Å²) in [7, 11) is 0. The Morgan fingerprint density at radius 3 is 2.68 bits per heavy atom. The molecule has 3 rings (SSSR count). The molecule has 104 valence electrons. The predicted octanol–water partition coefficient (Wildman–Crippen LogP) is 2.27. The number of nitrogens with one attached hydrogen (secondary N) is 1. The highest BCUT2D eigenvalue weighted by Crippen LogP contribution is 2.30. The van der Waals surface area contributed by atoms with E-state index in [1.54, 1.807) is 0 Å². The van der Waals surface area contributed by atoms with Crippen LogP contribution in [-0.2, 0) is 6.54 Å². The van der Waals surface area contributed by atoms with Gasteiger partial charge < -0.3 is 10.2 Å². The molecule has 1 aromatic heterocycles. The Balaban J connectivity index is 1.65. The molecule has 0 unspecified atom stereocenters. The molecule has 1 N–H and O–H groups in total. The van der Waals surface area contributed by atoms with Gasteiger partial charge in [-0.3, -0.25) is 0 Å². The first-order chi connectivity index (χ1) is 9.26. The van der Waals surface area contributed by atoms with Gasteiger partial charge >= 0.3 is 0 Å². The van der Waals surface area contributed by atoms with E-state index < -0.39 is 0 Å². The van der Waals surface area contributed by atoms with E-state index in [2.05, 4.69) is 29.0 Å². The average Bonchev–Trinajstić information content (AvgIpc) is 3.28. The Labute approximate surface area is 115 Å². The summed E-state index contributed by atoms with van der Waals surface area (Å²) in [4.78, 5) is 11.6. The van der Waals surface area contributed by atoms with Crippen molar-refractivity contribution in [3.63, 3.8) is 0 Å². The fourth-order valence-electron chi connectivity index (χ4n) is 2.31. The maximum atomic E-state index is 4.70. The van der Waals surface area contributed by atoms with Crippen LogP contribution in [0.2, 0.25) is 0 Å². The Morgan fingerprint density at radius 1 is 1.32 bits per heavy atom. The maximum Gasteiger partial charge on any atom is 0.225 e. The van der Waals surface area contributed by atoms with Gasteiger partial charge in [-0.2, -0.15) is 0 Å². The molecular formula is C15H24N4. The third kappa shape index (κ3) is 3.44. The zero-order valence-corrected chi connectivity index (χ0v) is 12.0. The van der Waals surface area contributed by atoms with Crippen LogP contribution in [0.5, 0.6) is 0 Å². The summed E-state index contributed by atoms with van der Waals surface area (Å²) in [6.07, 6.45) is 7.40. The zero-order chi connectivity index (χ0) is 13.2. The molecule has 2 saturated carbocycles. The van der Waals surface area contributed by atoms with Crippen molar-refractivity contribution in [2.45, 2.75) is 52.1 Å². The molecule has 1 heterocycles. The number of rotatable bonds is 7. The molecule has 0 atom stereocenters.